The monoisotopic (exact) mass is 280 g/mol. The van der Waals surface area contributed by atoms with E-state index in [1.807, 2.05) is 0 Å². The Morgan fingerprint density at radius 3 is 2.90 bits per heavy atom. The van der Waals surface area contributed by atoms with Crippen molar-refractivity contribution in [1.82, 2.24) is 10.2 Å². The van der Waals surface area contributed by atoms with Gasteiger partial charge < -0.3 is 15.3 Å². The lowest BCUT2D eigenvalue weighted by Gasteiger charge is -2.37. The number of hydrogen-bond donors (Lipinski definition) is 2. The third-order valence-electron chi connectivity index (χ3n) is 3.85. The van der Waals surface area contributed by atoms with Crippen LogP contribution in [-0.4, -0.2) is 41.6 Å². The van der Waals surface area contributed by atoms with Gasteiger partial charge in [0.15, 0.2) is 0 Å². The molecule has 4 nitrogen and oxygen atoms in total. The highest BCUT2D eigenvalue weighted by Gasteiger charge is 2.29. The normalized spacial score (nSPS) is 22.9. The van der Waals surface area contributed by atoms with E-state index in [0.29, 0.717) is 25.0 Å². The third kappa shape index (κ3) is 3.10. The molecule has 2 N–H and O–H groups in total. The van der Waals surface area contributed by atoms with Gasteiger partial charge in [-0.3, -0.25) is 4.79 Å². The molecular formula is C15H21FN2O2. The fraction of sp³-hybridized carbons (Fsp3) is 0.533. The summed E-state index contributed by atoms with van der Waals surface area (Å²) in [5.41, 5.74) is 0.167. The summed E-state index contributed by atoms with van der Waals surface area (Å²) in [6, 6.07) is 3.93. The number of halogens is 1. The molecule has 110 valence electrons. The lowest BCUT2D eigenvalue weighted by molar-refractivity contribution is 0.0643. The highest BCUT2D eigenvalue weighted by molar-refractivity contribution is 5.96. The van der Waals surface area contributed by atoms with Crippen LogP contribution in [0.2, 0.25) is 0 Å². The van der Waals surface area contributed by atoms with Crippen LogP contribution in [0.25, 0.3) is 0 Å². The zero-order valence-electron chi connectivity index (χ0n) is 11.9. The molecule has 20 heavy (non-hydrogen) atoms. The van der Waals surface area contributed by atoms with Gasteiger partial charge in [0.25, 0.3) is 5.91 Å². The van der Waals surface area contributed by atoms with E-state index in [0.717, 1.165) is 19.0 Å². The van der Waals surface area contributed by atoms with Crippen LogP contribution in [0.5, 0.6) is 5.75 Å². The molecule has 1 heterocycles. The number of piperidine rings is 1. The molecule has 0 aromatic heterocycles. The fourth-order valence-corrected chi connectivity index (χ4v) is 2.75. The molecule has 2 unspecified atom stereocenters. The Morgan fingerprint density at radius 1 is 1.55 bits per heavy atom. The van der Waals surface area contributed by atoms with Crippen LogP contribution in [0.1, 0.15) is 30.6 Å². The number of aromatic hydroxyl groups is 1. The standard InChI is InChI=1S/C15H21FN2O2/c1-3-17-13-6-7-18(9-10(13)2)15(20)12-5-4-11(16)8-14(12)19/h4-5,8,10,13,17,19H,3,6-7,9H2,1-2H3. The first-order valence-corrected chi connectivity index (χ1v) is 7.04. The molecule has 1 aliphatic heterocycles. The predicted molar refractivity (Wildman–Crippen MR) is 75.2 cm³/mol. The van der Waals surface area contributed by atoms with E-state index in [4.69, 9.17) is 0 Å². The van der Waals surface area contributed by atoms with E-state index in [2.05, 4.69) is 19.2 Å². The van der Waals surface area contributed by atoms with Gasteiger partial charge >= 0.3 is 0 Å². The van der Waals surface area contributed by atoms with Crippen LogP contribution in [0, 0.1) is 11.7 Å². The van der Waals surface area contributed by atoms with Gasteiger partial charge in [0, 0.05) is 25.2 Å². The van der Waals surface area contributed by atoms with Crippen LogP contribution in [-0.2, 0) is 0 Å². The molecule has 2 rings (SSSR count). The number of benzene rings is 1. The Hall–Kier alpha value is -1.62. The molecule has 1 saturated heterocycles. The second-order valence-electron chi connectivity index (χ2n) is 5.34. The molecular weight excluding hydrogens is 259 g/mol. The number of likely N-dealkylation sites (tertiary alicyclic amines) is 1. The molecule has 0 saturated carbocycles. The molecule has 1 aromatic rings. The van der Waals surface area contributed by atoms with Crippen LogP contribution >= 0.6 is 0 Å². The maximum Gasteiger partial charge on any atom is 0.257 e. The molecule has 2 atom stereocenters. The molecule has 1 amide bonds. The number of nitrogens with one attached hydrogen (secondary N) is 1. The number of rotatable bonds is 3. The van der Waals surface area contributed by atoms with Crippen molar-refractivity contribution in [3.05, 3.63) is 29.6 Å². The third-order valence-corrected chi connectivity index (χ3v) is 3.85. The molecule has 1 aliphatic rings. The van der Waals surface area contributed by atoms with Crippen molar-refractivity contribution in [3.8, 4) is 5.75 Å². The summed E-state index contributed by atoms with van der Waals surface area (Å²) in [5.74, 6) is -0.714. The Kier molecular flexibility index (Phi) is 4.60. The molecule has 1 aromatic carbocycles. The summed E-state index contributed by atoms with van der Waals surface area (Å²) in [4.78, 5) is 14.1. The van der Waals surface area contributed by atoms with Crippen molar-refractivity contribution >= 4 is 5.91 Å². The topological polar surface area (TPSA) is 52.6 Å². The summed E-state index contributed by atoms with van der Waals surface area (Å²) in [6.45, 7) is 6.39. The Balaban J connectivity index is 2.07. The molecule has 0 aliphatic carbocycles. The molecule has 0 radical (unpaired) electrons. The number of nitrogens with zero attached hydrogens (tertiary/aromatic N) is 1. The highest BCUT2D eigenvalue weighted by atomic mass is 19.1. The largest absolute Gasteiger partial charge is 0.507 e. The Morgan fingerprint density at radius 2 is 2.30 bits per heavy atom. The zero-order valence-corrected chi connectivity index (χ0v) is 11.9. The maximum atomic E-state index is 13.0. The van der Waals surface area contributed by atoms with E-state index >= 15 is 0 Å². The van der Waals surface area contributed by atoms with Gasteiger partial charge in [0.1, 0.15) is 11.6 Å². The molecule has 5 heteroatoms. The second-order valence-corrected chi connectivity index (χ2v) is 5.34. The minimum Gasteiger partial charge on any atom is -0.507 e. The van der Waals surface area contributed by atoms with E-state index in [-0.39, 0.29) is 17.2 Å². The average Bonchev–Trinajstić information content (AvgIpc) is 2.40. The summed E-state index contributed by atoms with van der Waals surface area (Å²) < 4.78 is 13.0. The first kappa shape index (κ1) is 14.8. The summed E-state index contributed by atoms with van der Waals surface area (Å²) in [5, 5.41) is 13.1. The average molecular weight is 280 g/mol. The Labute approximate surface area is 118 Å². The van der Waals surface area contributed by atoms with Crippen molar-refractivity contribution in [3.63, 3.8) is 0 Å². The van der Waals surface area contributed by atoms with E-state index in [9.17, 15) is 14.3 Å². The minimum atomic E-state index is -0.543. The SMILES string of the molecule is CCNC1CCN(C(=O)c2ccc(F)cc2O)CC1C. The van der Waals surface area contributed by atoms with E-state index in [1.165, 1.54) is 12.1 Å². The summed E-state index contributed by atoms with van der Waals surface area (Å²) in [7, 11) is 0. The van der Waals surface area contributed by atoms with Crippen LogP contribution in [0.4, 0.5) is 4.39 Å². The van der Waals surface area contributed by atoms with Crippen LogP contribution in [0.15, 0.2) is 18.2 Å². The van der Waals surface area contributed by atoms with Gasteiger partial charge in [-0.05, 0) is 31.0 Å². The number of phenols is 1. The van der Waals surface area contributed by atoms with Crippen LogP contribution < -0.4 is 5.32 Å². The number of carbonyl (C=O) groups is 1. The lowest BCUT2D eigenvalue weighted by atomic mass is 9.93. The van der Waals surface area contributed by atoms with Crippen LogP contribution in [0.3, 0.4) is 0 Å². The van der Waals surface area contributed by atoms with E-state index < -0.39 is 5.82 Å². The molecule has 1 fully saturated rings. The van der Waals surface area contributed by atoms with Crippen molar-refractivity contribution < 1.29 is 14.3 Å². The number of carbonyl (C=O) groups excluding carboxylic acids is 1. The fourth-order valence-electron chi connectivity index (χ4n) is 2.75. The number of amides is 1. The predicted octanol–water partition coefficient (Wildman–Crippen LogP) is 1.99. The lowest BCUT2D eigenvalue weighted by Crippen LogP contribution is -2.50. The first-order chi connectivity index (χ1) is 9.52. The smallest absolute Gasteiger partial charge is 0.257 e. The number of hydrogen-bond acceptors (Lipinski definition) is 3. The zero-order chi connectivity index (χ0) is 14.7. The second kappa shape index (κ2) is 6.22. The quantitative estimate of drug-likeness (QED) is 0.890. The number of phenolic OH excluding ortho intramolecular Hbond substituents is 1. The van der Waals surface area contributed by atoms with Gasteiger partial charge in [-0.2, -0.15) is 0 Å². The van der Waals surface area contributed by atoms with Gasteiger partial charge in [0.05, 0.1) is 5.56 Å². The minimum absolute atomic E-state index is 0.167. The van der Waals surface area contributed by atoms with Gasteiger partial charge in [-0.25, -0.2) is 4.39 Å². The highest BCUT2D eigenvalue weighted by Crippen LogP contribution is 2.23. The first-order valence-electron chi connectivity index (χ1n) is 7.04. The van der Waals surface area contributed by atoms with Crippen molar-refractivity contribution in [2.45, 2.75) is 26.3 Å². The summed E-state index contributed by atoms with van der Waals surface area (Å²) >= 11 is 0. The van der Waals surface area contributed by atoms with Crippen molar-refractivity contribution in [1.29, 1.82) is 0 Å². The molecule has 0 bridgehead atoms. The Bertz CT molecular complexity index is 493. The van der Waals surface area contributed by atoms with Gasteiger partial charge in [-0.1, -0.05) is 13.8 Å². The summed E-state index contributed by atoms with van der Waals surface area (Å²) in [6.07, 6.45) is 0.892. The van der Waals surface area contributed by atoms with Crippen molar-refractivity contribution in [2.75, 3.05) is 19.6 Å². The molecule has 0 spiro atoms. The van der Waals surface area contributed by atoms with Gasteiger partial charge in [0.2, 0.25) is 0 Å². The van der Waals surface area contributed by atoms with Gasteiger partial charge in [-0.15, -0.1) is 0 Å². The van der Waals surface area contributed by atoms with E-state index in [1.54, 1.807) is 4.90 Å². The van der Waals surface area contributed by atoms with Crippen molar-refractivity contribution in [2.24, 2.45) is 5.92 Å². The maximum absolute atomic E-state index is 13.0.